The molecular formula is C12H15ClN2O. The van der Waals surface area contributed by atoms with Gasteiger partial charge in [0.15, 0.2) is 0 Å². The van der Waals surface area contributed by atoms with Gasteiger partial charge in [0.1, 0.15) is 11.3 Å². The number of halogens is 1. The SMILES string of the molecule is COc1ccc(CCC(C)(N)C#N)cc1Cl. The van der Waals surface area contributed by atoms with E-state index in [-0.39, 0.29) is 0 Å². The number of ether oxygens (including phenoxy) is 1. The Morgan fingerprint density at radius 3 is 2.75 bits per heavy atom. The zero-order valence-electron chi connectivity index (χ0n) is 9.46. The van der Waals surface area contributed by atoms with Crippen LogP contribution in [0.1, 0.15) is 18.9 Å². The van der Waals surface area contributed by atoms with Crippen LogP contribution in [0.25, 0.3) is 0 Å². The molecule has 16 heavy (non-hydrogen) atoms. The first-order valence-corrected chi connectivity index (χ1v) is 5.39. The van der Waals surface area contributed by atoms with Crippen LogP contribution in [-0.2, 0) is 6.42 Å². The first-order chi connectivity index (χ1) is 7.48. The summed E-state index contributed by atoms with van der Waals surface area (Å²) in [6.45, 7) is 1.72. The molecule has 0 amide bonds. The van der Waals surface area contributed by atoms with E-state index in [2.05, 4.69) is 6.07 Å². The molecule has 0 heterocycles. The van der Waals surface area contributed by atoms with Crippen molar-refractivity contribution in [1.29, 1.82) is 5.26 Å². The first kappa shape index (κ1) is 12.8. The number of hydrogen-bond acceptors (Lipinski definition) is 3. The normalized spacial score (nSPS) is 13.9. The van der Waals surface area contributed by atoms with Gasteiger partial charge in [0.25, 0.3) is 0 Å². The Balaban J connectivity index is 2.70. The van der Waals surface area contributed by atoms with E-state index in [1.54, 1.807) is 14.0 Å². The second kappa shape index (κ2) is 5.20. The maximum Gasteiger partial charge on any atom is 0.137 e. The monoisotopic (exact) mass is 238 g/mol. The highest BCUT2D eigenvalue weighted by Crippen LogP contribution is 2.25. The Kier molecular flexibility index (Phi) is 4.17. The lowest BCUT2D eigenvalue weighted by Crippen LogP contribution is -2.34. The Morgan fingerprint density at radius 1 is 1.56 bits per heavy atom. The van der Waals surface area contributed by atoms with Crippen LogP contribution in [0.5, 0.6) is 5.75 Å². The summed E-state index contributed by atoms with van der Waals surface area (Å²) in [5, 5.41) is 9.37. The summed E-state index contributed by atoms with van der Waals surface area (Å²) in [5.41, 5.74) is 6.01. The standard InChI is InChI=1S/C12H15ClN2O/c1-12(15,8-14)6-5-9-3-4-11(16-2)10(13)7-9/h3-4,7H,5-6,15H2,1-2H3. The lowest BCUT2D eigenvalue weighted by atomic mass is 9.96. The third kappa shape index (κ3) is 3.41. The van der Waals surface area contributed by atoms with Crippen molar-refractivity contribution in [2.24, 2.45) is 5.73 Å². The topological polar surface area (TPSA) is 59.0 Å². The van der Waals surface area contributed by atoms with Crippen LogP contribution in [0.2, 0.25) is 5.02 Å². The zero-order valence-corrected chi connectivity index (χ0v) is 10.2. The zero-order chi connectivity index (χ0) is 12.2. The van der Waals surface area contributed by atoms with E-state index in [0.717, 1.165) is 12.0 Å². The maximum absolute atomic E-state index is 8.79. The third-order valence-corrected chi connectivity index (χ3v) is 2.70. The highest BCUT2D eigenvalue weighted by atomic mass is 35.5. The molecular weight excluding hydrogens is 224 g/mol. The van der Waals surface area contributed by atoms with Crippen molar-refractivity contribution < 1.29 is 4.74 Å². The van der Waals surface area contributed by atoms with E-state index in [0.29, 0.717) is 17.2 Å². The van der Waals surface area contributed by atoms with Crippen LogP contribution in [0, 0.1) is 11.3 Å². The second-order valence-electron chi connectivity index (χ2n) is 4.00. The van der Waals surface area contributed by atoms with E-state index in [1.165, 1.54) is 0 Å². The number of nitrogens with zero attached hydrogens (tertiary/aromatic N) is 1. The van der Waals surface area contributed by atoms with Gasteiger partial charge in [-0.05, 0) is 37.5 Å². The molecule has 4 heteroatoms. The van der Waals surface area contributed by atoms with E-state index in [1.807, 2.05) is 18.2 Å². The van der Waals surface area contributed by atoms with Gasteiger partial charge in [-0.3, -0.25) is 0 Å². The molecule has 2 N–H and O–H groups in total. The predicted molar refractivity (Wildman–Crippen MR) is 64.5 cm³/mol. The largest absolute Gasteiger partial charge is 0.495 e. The summed E-state index contributed by atoms with van der Waals surface area (Å²) in [7, 11) is 1.58. The third-order valence-electron chi connectivity index (χ3n) is 2.40. The van der Waals surface area contributed by atoms with E-state index >= 15 is 0 Å². The molecule has 0 radical (unpaired) electrons. The molecule has 1 rings (SSSR count). The molecule has 0 aliphatic heterocycles. The van der Waals surface area contributed by atoms with Crippen molar-refractivity contribution >= 4 is 11.6 Å². The van der Waals surface area contributed by atoms with Gasteiger partial charge in [-0.25, -0.2) is 0 Å². The average molecular weight is 239 g/mol. The lowest BCUT2D eigenvalue weighted by molar-refractivity contribution is 0.415. The summed E-state index contributed by atoms with van der Waals surface area (Å²) < 4.78 is 5.06. The molecule has 1 unspecified atom stereocenters. The highest BCUT2D eigenvalue weighted by molar-refractivity contribution is 6.32. The summed E-state index contributed by atoms with van der Waals surface area (Å²) in [6, 6.07) is 7.66. The van der Waals surface area contributed by atoms with Crippen LogP contribution in [0.4, 0.5) is 0 Å². The molecule has 0 aliphatic carbocycles. The number of hydrogen-bond donors (Lipinski definition) is 1. The van der Waals surface area contributed by atoms with Gasteiger partial charge in [0, 0.05) is 0 Å². The van der Waals surface area contributed by atoms with Crippen LogP contribution < -0.4 is 10.5 Å². The smallest absolute Gasteiger partial charge is 0.137 e. The fourth-order valence-electron chi connectivity index (χ4n) is 1.33. The van der Waals surface area contributed by atoms with Crippen molar-refractivity contribution in [3.63, 3.8) is 0 Å². The molecule has 0 aliphatic rings. The van der Waals surface area contributed by atoms with E-state index < -0.39 is 5.54 Å². The summed E-state index contributed by atoms with van der Waals surface area (Å²) in [5.74, 6) is 0.654. The quantitative estimate of drug-likeness (QED) is 0.877. The van der Waals surface area contributed by atoms with Crippen LogP contribution in [0.15, 0.2) is 18.2 Å². The summed E-state index contributed by atoms with van der Waals surface area (Å²) in [6.07, 6.45) is 1.33. The molecule has 0 saturated heterocycles. The number of methoxy groups -OCH3 is 1. The van der Waals surface area contributed by atoms with Gasteiger partial charge in [-0.15, -0.1) is 0 Å². The van der Waals surface area contributed by atoms with Crippen LogP contribution in [-0.4, -0.2) is 12.6 Å². The number of nitriles is 1. The van der Waals surface area contributed by atoms with Gasteiger partial charge in [0.2, 0.25) is 0 Å². The van der Waals surface area contributed by atoms with E-state index in [4.69, 9.17) is 27.3 Å². The van der Waals surface area contributed by atoms with Crippen molar-refractivity contribution in [2.75, 3.05) is 7.11 Å². The minimum Gasteiger partial charge on any atom is -0.495 e. The average Bonchev–Trinajstić information content (AvgIpc) is 2.27. The van der Waals surface area contributed by atoms with Crippen LogP contribution in [0.3, 0.4) is 0 Å². The maximum atomic E-state index is 8.79. The molecule has 0 bridgehead atoms. The van der Waals surface area contributed by atoms with Gasteiger partial charge in [-0.1, -0.05) is 17.7 Å². The molecule has 0 aromatic heterocycles. The van der Waals surface area contributed by atoms with E-state index in [9.17, 15) is 0 Å². The summed E-state index contributed by atoms with van der Waals surface area (Å²) >= 11 is 5.99. The van der Waals surface area contributed by atoms with Gasteiger partial charge < -0.3 is 10.5 Å². The molecule has 1 atom stereocenters. The minimum absolute atomic E-state index is 0.579. The Bertz CT molecular complexity index is 410. The predicted octanol–water partition coefficient (Wildman–Crippen LogP) is 2.52. The Morgan fingerprint density at radius 2 is 2.25 bits per heavy atom. The molecule has 86 valence electrons. The molecule has 0 saturated carbocycles. The molecule has 1 aromatic carbocycles. The van der Waals surface area contributed by atoms with Gasteiger partial charge in [-0.2, -0.15) is 5.26 Å². The first-order valence-electron chi connectivity index (χ1n) is 5.01. The van der Waals surface area contributed by atoms with Crippen LogP contribution >= 0.6 is 11.6 Å². The van der Waals surface area contributed by atoms with Crippen molar-refractivity contribution in [3.8, 4) is 11.8 Å². The van der Waals surface area contributed by atoms with Gasteiger partial charge in [0.05, 0.1) is 18.2 Å². The van der Waals surface area contributed by atoms with Crippen molar-refractivity contribution in [2.45, 2.75) is 25.3 Å². The Hall–Kier alpha value is -1.24. The second-order valence-corrected chi connectivity index (χ2v) is 4.41. The van der Waals surface area contributed by atoms with Crippen molar-refractivity contribution in [1.82, 2.24) is 0 Å². The lowest BCUT2D eigenvalue weighted by Gasteiger charge is -2.15. The van der Waals surface area contributed by atoms with Crippen molar-refractivity contribution in [3.05, 3.63) is 28.8 Å². The van der Waals surface area contributed by atoms with Gasteiger partial charge >= 0.3 is 0 Å². The number of benzene rings is 1. The minimum atomic E-state index is -0.785. The molecule has 3 nitrogen and oxygen atoms in total. The molecule has 1 aromatic rings. The fraction of sp³-hybridized carbons (Fsp3) is 0.417. The number of aryl methyl sites for hydroxylation is 1. The molecule has 0 fully saturated rings. The summed E-state index contributed by atoms with van der Waals surface area (Å²) in [4.78, 5) is 0. The Labute approximate surface area is 101 Å². The molecule has 0 spiro atoms. The number of rotatable bonds is 4. The number of nitrogens with two attached hydrogens (primary N) is 1. The highest BCUT2D eigenvalue weighted by Gasteiger charge is 2.16. The fourth-order valence-corrected chi connectivity index (χ4v) is 1.61.